The molecule has 2 aromatic heterocycles. The molecule has 3 rings (SSSR count). The number of benzene rings is 1. The molecule has 20 heavy (non-hydrogen) atoms. The molecule has 0 atom stereocenters. The molecular formula is C16H17ClN2S. The van der Waals surface area contributed by atoms with Crippen molar-refractivity contribution in [2.75, 3.05) is 0 Å². The van der Waals surface area contributed by atoms with Gasteiger partial charge in [-0.2, -0.15) is 0 Å². The predicted octanol–water partition coefficient (Wildman–Crippen LogP) is 4.74. The van der Waals surface area contributed by atoms with E-state index in [-0.39, 0.29) is 0 Å². The molecule has 0 bridgehead atoms. The second-order valence-electron chi connectivity index (χ2n) is 4.79. The van der Waals surface area contributed by atoms with Gasteiger partial charge in [-0.25, -0.2) is 0 Å². The number of hydrogen-bond acceptors (Lipinski definition) is 2. The lowest BCUT2D eigenvalue weighted by molar-refractivity contribution is 0.691. The Kier molecular flexibility index (Phi) is 4.10. The summed E-state index contributed by atoms with van der Waals surface area (Å²) < 4.78 is 0. The SMILES string of the molecule is CCc1ccc(CNCc2[nH]c3ccccc3c2Cl)s1. The Morgan fingerprint density at radius 1 is 1.10 bits per heavy atom. The van der Waals surface area contributed by atoms with Crippen molar-refractivity contribution in [2.24, 2.45) is 0 Å². The van der Waals surface area contributed by atoms with Crippen molar-refractivity contribution in [1.82, 2.24) is 10.3 Å². The number of halogens is 1. The summed E-state index contributed by atoms with van der Waals surface area (Å²) in [5.74, 6) is 0. The number of fused-ring (bicyclic) bond motifs is 1. The molecule has 4 heteroatoms. The lowest BCUT2D eigenvalue weighted by Crippen LogP contribution is -2.12. The zero-order valence-corrected chi connectivity index (χ0v) is 12.9. The minimum absolute atomic E-state index is 0.757. The second-order valence-corrected chi connectivity index (χ2v) is 6.42. The quantitative estimate of drug-likeness (QED) is 0.700. The number of nitrogens with one attached hydrogen (secondary N) is 2. The van der Waals surface area contributed by atoms with Crippen molar-refractivity contribution >= 4 is 33.8 Å². The van der Waals surface area contributed by atoms with Gasteiger partial charge in [0.15, 0.2) is 0 Å². The molecule has 2 heterocycles. The van der Waals surface area contributed by atoms with E-state index in [2.05, 4.69) is 35.4 Å². The van der Waals surface area contributed by atoms with Crippen LogP contribution < -0.4 is 5.32 Å². The maximum absolute atomic E-state index is 6.40. The van der Waals surface area contributed by atoms with E-state index in [9.17, 15) is 0 Å². The van der Waals surface area contributed by atoms with Gasteiger partial charge < -0.3 is 10.3 Å². The summed E-state index contributed by atoms with van der Waals surface area (Å²) in [6, 6.07) is 12.5. The first kappa shape index (κ1) is 13.7. The van der Waals surface area contributed by atoms with Crippen LogP contribution >= 0.6 is 22.9 Å². The molecule has 0 saturated heterocycles. The number of aromatic amines is 1. The summed E-state index contributed by atoms with van der Waals surface area (Å²) in [6.07, 6.45) is 1.11. The zero-order valence-electron chi connectivity index (χ0n) is 11.4. The Morgan fingerprint density at radius 3 is 2.65 bits per heavy atom. The fourth-order valence-electron chi connectivity index (χ4n) is 2.30. The molecule has 0 aliphatic carbocycles. The van der Waals surface area contributed by atoms with E-state index in [0.717, 1.165) is 41.1 Å². The summed E-state index contributed by atoms with van der Waals surface area (Å²) in [5.41, 5.74) is 2.15. The van der Waals surface area contributed by atoms with Crippen LogP contribution in [0.25, 0.3) is 10.9 Å². The first-order valence-corrected chi connectivity index (χ1v) is 8.00. The van der Waals surface area contributed by atoms with E-state index < -0.39 is 0 Å². The van der Waals surface area contributed by atoms with E-state index in [1.807, 2.05) is 29.5 Å². The van der Waals surface area contributed by atoms with Gasteiger partial charge in [-0.3, -0.25) is 0 Å². The Hall–Kier alpha value is -1.29. The van der Waals surface area contributed by atoms with Crippen molar-refractivity contribution < 1.29 is 0 Å². The van der Waals surface area contributed by atoms with E-state index >= 15 is 0 Å². The van der Waals surface area contributed by atoms with Crippen LogP contribution in [0.5, 0.6) is 0 Å². The van der Waals surface area contributed by atoms with Crippen molar-refractivity contribution in [2.45, 2.75) is 26.4 Å². The van der Waals surface area contributed by atoms with Gasteiger partial charge >= 0.3 is 0 Å². The molecule has 0 saturated carbocycles. The van der Waals surface area contributed by atoms with Gasteiger partial charge in [-0.05, 0) is 24.6 Å². The highest BCUT2D eigenvalue weighted by Gasteiger charge is 2.08. The van der Waals surface area contributed by atoms with Crippen LogP contribution in [0, 0.1) is 0 Å². The van der Waals surface area contributed by atoms with Gasteiger partial charge in [0.05, 0.1) is 5.02 Å². The third kappa shape index (κ3) is 2.75. The van der Waals surface area contributed by atoms with Crippen LogP contribution in [0.2, 0.25) is 5.02 Å². The van der Waals surface area contributed by atoms with Gasteiger partial charge in [-0.1, -0.05) is 36.7 Å². The Morgan fingerprint density at radius 2 is 1.90 bits per heavy atom. The van der Waals surface area contributed by atoms with Gasteiger partial charge in [0.1, 0.15) is 0 Å². The highest BCUT2D eigenvalue weighted by Crippen LogP contribution is 2.27. The topological polar surface area (TPSA) is 27.8 Å². The highest BCUT2D eigenvalue weighted by atomic mass is 35.5. The second kappa shape index (κ2) is 6.00. The largest absolute Gasteiger partial charge is 0.356 e. The Balaban J connectivity index is 1.66. The molecule has 0 fully saturated rings. The van der Waals surface area contributed by atoms with Gasteiger partial charge in [0.2, 0.25) is 0 Å². The molecule has 0 aliphatic rings. The summed E-state index contributed by atoms with van der Waals surface area (Å²) in [5, 5.41) is 5.37. The average molecular weight is 305 g/mol. The van der Waals surface area contributed by atoms with Crippen molar-refractivity contribution in [3.05, 3.63) is 56.9 Å². The Bertz CT molecular complexity index is 714. The fourth-order valence-corrected chi connectivity index (χ4v) is 3.51. The molecule has 0 spiro atoms. The third-order valence-electron chi connectivity index (χ3n) is 3.38. The summed E-state index contributed by atoms with van der Waals surface area (Å²) >= 11 is 8.27. The number of rotatable bonds is 5. The van der Waals surface area contributed by atoms with Crippen LogP contribution in [0.3, 0.4) is 0 Å². The Labute approximate surface area is 127 Å². The maximum Gasteiger partial charge on any atom is 0.0705 e. The lowest BCUT2D eigenvalue weighted by Gasteiger charge is -2.02. The highest BCUT2D eigenvalue weighted by molar-refractivity contribution is 7.11. The van der Waals surface area contributed by atoms with Crippen LogP contribution in [-0.2, 0) is 19.5 Å². The molecule has 2 N–H and O–H groups in total. The number of para-hydroxylation sites is 1. The molecule has 0 radical (unpaired) electrons. The molecule has 3 aromatic rings. The van der Waals surface area contributed by atoms with Crippen LogP contribution in [0.4, 0.5) is 0 Å². The van der Waals surface area contributed by atoms with Crippen molar-refractivity contribution in [3.8, 4) is 0 Å². The van der Waals surface area contributed by atoms with Gasteiger partial charge in [0, 0.05) is 39.4 Å². The minimum Gasteiger partial charge on any atom is -0.356 e. The summed E-state index contributed by atoms with van der Waals surface area (Å²) in [4.78, 5) is 6.18. The predicted molar refractivity (Wildman–Crippen MR) is 87.5 cm³/mol. The summed E-state index contributed by atoms with van der Waals surface area (Å²) in [7, 11) is 0. The van der Waals surface area contributed by atoms with Gasteiger partial charge in [-0.15, -0.1) is 11.3 Å². The number of thiophene rings is 1. The molecule has 0 aliphatic heterocycles. The van der Waals surface area contributed by atoms with Crippen LogP contribution in [-0.4, -0.2) is 4.98 Å². The molecule has 1 aromatic carbocycles. The molecule has 0 unspecified atom stereocenters. The number of aryl methyl sites for hydroxylation is 1. The first-order valence-electron chi connectivity index (χ1n) is 6.81. The molecular weight excluding hydrogens is 288 g/mol. The number of H-pyrrole nitrogens is 1. The van der Waals surface area contributed by atoms with Crippen molar-refractivity contribution in [3.63, 3.8) is 0 Å². The normalized spacial score (nSPS) is 11.3. The molecule has 104 valence electrons. The first-order chi connectivity index (χ1) is 9.78. The van der Waals surface area contributed by atoms with E-state index in [1.165, 1.54) is 9.75 Å². The third-order valence-corrected chi connectivity index (χ3v) is 5.04. The number of hydrogen-bond donors (Lipinski definition) is 2. The van der Waals surface area contributed by atoms with Gasteiger partial charge in [0.25, 0.3) is 0 Å². The molecule has 2 nitrogen and oxygen atoms in total. The smallest absolute Gasteiger partial charge is 0.0705 e. The average Bonchev–Trinajstić information content (AvgIpc) is 3.05. The zero-order chi connectivity index (χ0) is 13.9. The standard InChI is InChI=1S/C16H17ClN2S/c1-2-11-7-8-12(20-11)9-18-10-15-16(17)13-5-3-4-6-14(13)19-15/h3-8,18-19H,2,9-10H2,1H3. The minimum atomic E-state index is 0.757. The van der Waals surface area contributed by atoms with Crippen LogP contribution in [0.15, 0.2) is 36.4 Å². The molecule has 0 amide bonds. The van der Waals surface area contributed by atoms with E-state index in [0.29, 0.717) is 0 Å². The van der Waals surface area contributed by atoms with E-state index in [4.69, 9.17) is 11.6 Å². The van der Waals surface area contributed by atoms with Crippen molar-refractivity contribution in [1.29, 1.82) is 0 Å². The van der Waals surface area contributed by atoms with E-state index in [1.54, 1.807) is 0 Å². The fraction of sp³-hybridized carbons (Fsp3) is 0.250. The summed E-state index contributed by atoms with van der Waals surface area (Å²) in [6.45, 7) is 3.83. The monoisotopic (exact) mass is 304 g/mol. The number of aromatic nitrogens is 1. The van der Waals surface area contributed by atoms with Crippen LogP contribution in [0.1, 0.15) is 22.4 Å². The lowest BCUT2D eigenvalue weighted by atomic mass is 10.2. The maximum atomic E-state index is 6.40.